The summed E-state index contributed by atoms with van der Waals surface area (Å²) in [6.07, 6.45) is 3.10. The number of primary amides is 1. The molecule has 4 N–H and O–H groups in total. The van der Waals surface area contributed by atoms with Crippen LogP contribution in [0.5, 0.6) is 17.2 Å². The van der Waals surface area contributed by atoms with E-state index in [9.17, 15) is 9.59 Å². The van der Waals surface area contributed by atoms with E-state index < -0.39 is 12.1 Å². The number of methoxy groups -OCH3 is 3. The Morgan fingerprint density at radius 3 is 2.15 bits per heavy atom. The molecule has 2 aliphatic heterocycles. The van der Waals surface area contributed by atoms with Gasteiger partial charge in [-0.25, -0.2) is 9.59 Å². The number of carbonyl (C=O) groups excluding carboxylic acids is 2. The lowest BCUT2D eigenvalue weighted by Gasteiger charge is -2.38. The van der Waals surface area contributed by atoms with Gasteiger partial charge >= 0.3 is 12.1 Å². The fourth-order valence-electron chi connectivity index (χ4n) is 5.41. The molecule has 2 aliphatic rings. The Morgan fingerprint density at radius 1 is 1.00 bits per heavy atom. The number of carbonyl (C=O) groups is 2. The van der Waals surface area contributed by atoms with Gasteiger partial charge in [0.25, 0.3) is 0 Å². The number of likely N-dealkylation sites (tertiary alicyclic amines) is 2. The van der Waals surface area contributed by atoms with Crippen molar-refractivity contribution in [3.63, 3.8) is 0 Å². The van der Waals surface area contributed by atoms with E-state index in [-0.39, 0.29) is 24.5 Å². The lowest BCUT2D eigenvalue weighted by Crippen LogP contribution is -2.54. The van der Waals surface area contributed by atoms with Crippen molar-refractivity contribution >= 4 is 41.8 Å². The van der Waals surface area contributed by atoms with Gasteiger partial charge in [0.2, 0.25) is 5.75 Å². The van der Waals surface area contributed by atoms with E-state index >= 15 is 0 Å². The van der Waals surface area contributed by atoms with E-state index in [1.807, 2.05) is 12.1 Å². The number of piperidine rings is 1. The largest absolute Gasteiger partial charge is 0.493 e. The lowest BCUT2D eigenvalue weighted by atomic mass is 9.89. The molecule has 2 aromatic carbocycles. The van der Waals surface area contributed by atoms with Crippen molar-refractivity contribution in [3.05, 3.63) is 47.0 Å². The summed E-state index contributed by atoms with van der Waals surface area (Å²) in [5.41, 5.74) is 7.38. The van der Waals surface area contributed by atoms with Crippen LogP contribution in [0.1, 0.15) is 18.4 Å². The quantitative estimate of drug-likeness (QED) is 0.433. The summed E-state index contributed by atoms with van der Waals surface area (Å²) in [6, 6.07) is 10.2. The van der Waals surface area contributed by atoms with Gasteiger partial charge in [0.15, 0.2) is 11.5 Å². The van der Waals surface area contributed by atoms with Crippen LogP contribution in [0.3, 0.4) is 0 Å². The molecule has 0 aromatic heterocycles. The van der Waals surface area contributed by atoms with E-state index in [4.69, 9.17) is 31.5 Å². The normalized spacial score (nSPS) is 19.6. The van der Waals surface area contributed by atoms with Gasteiger partial charge in [-0.05, 0) is 56.0 Å². The van der Waals surface area contributed by atoms with E-state index in [0.29, 0.717) is 41.9 Å². The Hall–Kier alpha value is -3.08. The number of anilines is 1. The number of nitrogens with two attached hydrogens (primary N) is 1. The van der Waals surface area contributed by atoms with Gasteiger partial charge in [-0.3, -0.25) is 4.90 Å². The van der Waals surface area contributed by atoms with Crippen LogP contribution in [0.4, 0.5) is 15.3 Å². The van der Waals surface area contributed by atoms with Crippen molar-refractivity contribution in [1.82, 2.24) is 15.1 Å². The summed E-state index contributed by atoms with van der Waals surface area (Å²) < 4.78 is 16.1. The topological polar surface area (TPSA) is 118 Å². The zero-order valence-electron chi connectivity index (χ0n) is 22.4. The molecule has 0 unspecified atom stereocenters. The molecule has 4 rings (SSSR count). The maximum atomic E-state index is 13.0. The van der Waals surface area contributed by atoms with Crippen LogP contribution in [0.25, 0.3) is 0 Å². The van der Waals surface area contributed by atoms with Crippen LogP contribution in [0.2, 0.25) is 5.02 Å². The van der Waals surface area contributed by atoms with Crippen molar-refractivity contribution in [3.8, 4) is 17.2 Å². The highest BCUT2D eigenvalue weighted by Gasteiger charge is 2.40. The smallest absolute Gasteiger partial charge is 0.319 e. The van der Waals surface area contributed by atoms with E-state index in [0.717, 1.165) is 37.4 Å². The van der Waals surface area contributed by atoms with Gasteiger partial charge in [0.05, 0.1) is 33.1 Å². The molecule has 10 nitrogen and oxygen atoms in total. The number of nitrogens with one attached hydrogen (secondary N) is 2. The Bertz CT molecular complexity index is 1100. The maximum Gasteiger partial charge on any atom is 0.319 e. The Kier molecular flexibility index (Phi) is 10.8. The predicted molar refractivity (Wildman–Crippen MR) is 154 cm³/mol. The van der Waals surface area contributed by atoms with Crippen LogP contribution in [-0.2, 0) is 6.42 Å². The molecule has 39 heavy (non-hydrogen) atoms. The third kappa shape index (κ3) is 7.52. The zero-order chi connectivity index (χ0) is 27.2. The number of urea groups is 2. The van der Waals surface area contributed by atoms with Gasteiger partial charge in [-0.15, -0.1) is 12.4 Å². The first-order valence-electron chi connectivity index (χ1n) is 12.7. The Balaban J connectivity index is 0.00000420. The number of hydrogen-bond acceptors (Lipinski definition) is 6. The van der Waals surface area contributed by atoms with Gasteiger partial charge < -0.3 is 35.5 Å². The van der Waals surface area contributed by atoms with E-state index in [2.05, 4.69) is 27.7 Å². The predicted octanol–water partition coefficient (Wildman–Crippen LogP) is 4.00. The molecule has 0 spiro atoms. The van der Waals surface area contributed by atoms with Gasteiger partial charge in [-0.2, -0.15) is 0 Å². The molecule has 0 aliphatic carbocycles. The molecule has 12 heteroatoms. The van der Waals surface area contributed by atoms with E-state index in [1.165, 1.54) is 26.9 Å². The second-order valence-electron chi connectivity index (χ2n) is 9.74. The Labute approximate surface area is 240 Å². The van der Waals surface area contributed by atoms with Gasteiger partial charge in [0.1, 0.15) is 0 Å². The lowest BCUT2D eigenvalue weighted by molar-refractivity contribution is 0.123. The first kappa shape index (κ1) is 30.5. The average molecular weight is 583 g/mol. The first-order valence-corrected chi connectivity index (χ1v) is 13.1. The molecular formula is C27H37Cl2N5O5. The fourth-order valence-corrected chi connectivity index (χ4v) is 5.54. The van der Waals surface area contributed by atoms with Crippen LogP contribution in [0, 0.1) is 5.92 Å². The third-order valence-electron chi connectivity index (χ3n) is 7.40. The Morgan fingerprint density at radius 2 is 1.62 bits per heavy atom. The molecular weight excluding hydrogens is 545 g/mol. The minimum Gasteiger partial charge on any atom is -0.493 e. The number of rotatable bonds is 8. The summed E-state index contributed by atoms with van der Waals surface area (Å²) in [6.45, 7) is 2.62. The highest BCUT2D eigenvalue weighted by atomic mass is 35.5. The minimum atomic E-state index is -0.484. The molecule has 0 radical (unpaired) electrons. The van der Waals surface area contributed by atoms with Crippen molar-refractivity contribution in [2.75, 3.05) is 52.8 Å². The number of ether oxygens (including phenoxy) is 3. The molecule has 214 valence electrons. The highest BCUT2D eigenvalue weighted by molar-refractivity contribution is 6.30. The summed E-state index contributed by atoms with van der Waals surface area (Å²) >= 11 is 6.02. The molecule has 2 fully saturated rings. The fraction of sp³-hybridized carbons (Fsp3) is 0.481. The van der Waals surface area contributed by atoms with Crippen LogP contribution < -0.4 is 30.6 Å². The number of halogens is 2. The van der Waals surface area contributed by atoms with Crippen LogP contribution >= 0.6 is 24.0 Å². The van der Waals surface area contributed by atoms with Crippen molar-refractivity contribution in [1.29, 1.82) is 0 Å². The molecule has 4 amide bonds. The standard InChI is InChI=1S/C27H36ClN5O5.ClH/c1-36-23-13-20(14-24(37-2)25(23)38-3)30-27(35)31-21-15-33(26(29)34)16-22(21)32-10-8-18(9-11-32)12-17-4-6-19(28)7-5-17;/h4-7,13-14,18,21-22H,8-12,15-16H2,1-3H3,(H2,29,34)(H2,30,31,35);1H/t21-,22-;/m1./s1. The van der Waals surface area contributed by atoms with Crippen molar-refractivity contribution in [2.45, 2.75) is 31.3 Å². The van der Waals surface area contributed by atoms with Crippen molar-refractivity contribution < 1.29 is 23.8 Å². The van der Waals surface area contributed by atoms with Crippen LogP contribution in [-0.4, -0.2) is 81.5 Å². The number of benzene rings is 2. The number of nitrogens with zero attached hydrogens (tertiary/aromatic N) is 2. The summed E-state index contributed by atoms with van der Waals surface area (Å²) in [5, 5.41) is 6.65. The van der Waals surface area contributed by atoms with Gasteiger partial charge in [0, 0.05) is 36.3 Å². The minimum absolute atomic E-state index is 0. The van der Waals surface area contributed by atoms with E-state index in [1.54, 1.807) is 17.0 Å². The SMILES string of the molecule is COc1cc(NC(=O)N[C@@H]2CN(C(N)=O)C[C@H]2N2CCC(Cc3ccc(Cl)cc3)CC2)cc(OC)c1OC.Cl. The van der Waals surface area contributed by atoms with Crippen LogP contribution in [0.15, 0.2) is 36.4 Å². The monoisotopic (exact) mass is 581 g/mol. The third-order valence-corrected chi connectivity index (χ3v) is 7.65. The molecule has 2 atom stereocenters. The molecule has 0 saturated carbocycles. The molecule has 2 heterocycles. The molecule has 0 bridgehead atoms. The summed E-state index contributed by atoms with van der Waals surface area (Å²) in [7, 11) is 4.55. The highest BCUT2D eigenvalue weighted by Crippen LogP contribution is 2.40. The average Bonchev–Trinajstić information content (AvgIpc) is 3.33. The zero-order valence-corrected chi connectivity index (χ0v) is 24.0. The maximum absolute atomic E-state index is 13.0. The van der Waals surface area contributed by atoms with Crippen molar-refractivity contribution in [2.24, 2.45) is 11.7 Å². The van der Waals surface area contributed by atoms with Gasteiger partial charge in [-0.1, -0.05) is 23.7 Å². The molecule has 2 aromatic rings. The second kappa shape index (κ2) is 13.8. The summed E-state index contributed by atoms with van der Waals surface area (Å²) in [4.78, 5) is 29.0. The number of hydrogen-bond donors (Lipinski definition) is 3. The second-order valence-corrected chi connectivity index (χ2v) is 10.2. The summed E-state index contributed by atoms with van der Waals surface area (Å²) in [5.74, 6) is 1.88. The number of amides is 4. The molecule has 2 saturated heterocycles. The first-order chi connectivity index (χ1) is 18.3.